The molecule has 1 saturated carbocycles. The van der Waals surface area contributed by atoms with Gasteiger partial charge in [0.1, 0.15) is 6.10 Å². The molecule has 0 saturated heterocycles. The van der Waals surface area contributed by atoms with Crippen LogP contribution >= 0.6 is 0 Å². The molecule has 0 bridgehead atoms. The number of ether oxygens (including phenoxy) is 1. The second-order valence-corrected chi connectivity index (χ2v) is 4.44. The van der Waals surface area contributed by atoms with Gasteiger partial charge in [0.05, 0.1) is 13.2 Å². The van der Waals surface area contributed by atoms with Crippen molar-refractivity contribution in [3.05, 3.63) is 0 Å². The van der Waals surface area contributed by atoms with Gasteiger partial charge in [-0.15, -0.1) is 0 Å². The molecule has 4 nitrogen and oxygen atoms in total. The van der Waals surface area contributed by atoms with E-state index in [0.717, 1.165) is 25.7 Å². The SMILES string of the molecule is OCC(O)COC[C@H]1CC[C@@H](CO)CC1. The molecule has 0 spiro atoms. The van der Waals surface area contributed by atoms with Gasteiger partial charge >= 0.3 is 0 Å². The van der Waals surface area contributed by atoms with Crippen LogP contribution in [0.3, 0.4) is 0 Å². The molecular formula is C11H22O4. The first kappa shape index (κ1) is 12.9. The Labute approximate surface area is 90.9 Å². The molecule has 1 aliphatic carbocycles. The Kier molecular flexibility index (Phi) is 6.17. The van der Waals surface area contributed by atoms with Crippen LogP contribution in [0.15, 0.2) is 0 Å². The molecule has 90 valence electrons. The average molecular weight is 218 g/mol. The number of rotatable bonds is 6. The summed E-state index contributed by atoms with van der Waals surface area (Å²) in [4.78, 5) is 0. The van der Waals surface area contributed by atoms with Crippen LogP contribution in [0, 0.1) is 11.8 Å². The summed E-state index contributed by atoms with van der Waals surface area (Å²) < 4.78 is 5.32. The summed E-state index contributed by atoms with van der Waals surface area (Å²) in [7, 11) is 0. The monoisotopic (exact) mass is 218 g/mol. The molecule has 1 fully saturated rings. The lowest BCUT2D eigenvalue weighted by molar-refractivity contribution is -0.0111. The van der Waals surface area contributed by atoms with Gasteiger partial charge in [-0.25, -0.2) is 0 Å². The fraction of sp³-hybridized carbons (Fsp3) is 1.00. The minimum atomic E-state index is -0.751. The average Bonchev–Trinajstić information content (AvgIpc) is 2.29. The third-order valence-electron chi connectivity index (χ3n) is 3.10. The van der Waals surface area contributed by atoms with Crippen LogP contribution in [0.5, 0.6) is 0 Å². The lowest BCUT2D eigenvalue weighted by atomic mass is 9.83. The summed E-state index contributed by atoms with van der Waals surface area (Å²) in [5.41, 5.74) is 0. The Hall–Kier alpha value is -0.160. The third-order valence-corrected chi connectivity index (χ3v) is 3.10. The third kappa shape index (κ3) is 4.93. The van der Waals surface area contributed by atoms with E-state index in [2.05, 4.69) is 0 Å². The fourth-order valence-corrected chi connectivity index (χ4v) is 2.00. The maximum absolute atomic E-state index is 9.06. The van der Waals surface area contributed by atoms with Crippen molar-refractivity contribution in [1.82, 2.24) is 0 Å². The number of hydrogen-bond donors (Lipinski definition) is 3. The van der Waals surface area contributed by atoms with E-state index in [4.69, 9.17) is 20.1 Å². The van der Waals surface area contributed by atoms with E-state index in [9.17, 15) is 0 Å². The van der Waals surface area contributed by atoms with Gasteiger partial charge in [-0.3, -0.25) is 0 Å². The molecule has 0 aromatic carbocycles. The molecule has 0 aromatic heterocycles. The standard InChI is InChI=1S/C11H22O4/c12-5-9-1-3-10(4-2-9)7-15-8-11(14)6-13/h9-14H,1-8H2/t9-,10+,11?. The summed E-state index contributed by atoms with van der Waals surface area (Å²) in [6, 6.07) is 0. The first-order chi connectivity index (χ1) is 7.26. The summed E-state index contributed by atoms with van der Waals surface area (Å²) >= 11 is 0. The highest BCUT2D eigenvalue weighted by molar-refractivity contribution is 4.71. The van der Waals surface area contributed by atoms with Crippen molar-refractivity contribution in [1.29, 1.82) is 0 Å². The van der Waals surface area contributed by atoms with Gasteiger partial charge in [-0.1, -0.05) is 0 Å². The molecule has 3 N–H and O–H groups in total. The second-order valence-electron chi connectivity index (χ2n) is 4.44. The highest BCUT2D eigenvalue weighted by atomic mass is 16.5. The Morgan fingerprint density at radius 2 is 1.67 bits per heavy atom. The molecular weight excluding hydrogens is 196 g/mol. The van der Waals surface area contributed by atoms with Crippen molar-refractivity contribution < 1.29 is 20.1 Å². The highest BCUT2D eigenvalue weighted by Gasteiger charge is 2.20. The smallest absolute Gasteiger partial charge is 0.100 e. The topological polar surface area (TPSA) is 69.9 Å². The van der Waals surface area contributed by atoms with E-state index in [1.807, 2.05) is 0 Å². The number of aliphatic hydroxyl groups is 3. The van der Waals surface area contributed by atoms with Crippen LogP contribution in [0.2, 0.25) is 0 Å². The van der Waals surface area contributed by atoms with Crippen LogP contribution in [0.4, 0.5) is 0 Å². The second kappa shape index (κ2) is 7.17. The molecule has 1 unspecified atom stereocenters. The molecule has 0 amide bonds. The van der Waals surface area contributed by atoms with Crippen molar-refractivity contribution >= 4 is 0 Å². The van der Waals surface area contributed by atoms with Crippen molar-refractivity contribution in [2.24, 2.45) is 11.8 Å². The minimum Gasteiger partial charge on any atom is -0.396 e. The molecule has 1 aliphatic rings. The summed E-state index contributed by atoms with van der Waals surface area (Å²) in [5, 5.41) is 26.6. The maximum atomic E-state index is 9.06. The Balaban J connectivity index is 2.03. The van der Waals surface area contributed by atoms with E-state index in [1.54, 1.807) is 0 Å². The van der Waals surface area contributed by atoms with Gasteiger partial charge in [0.2, 0.25) is 0 Å². The Morgan fingerprint density at radius 1 is 1.07 bits per heavy atom. The first-order valence-corrected chi connectivity index (χ1v) is 5.73. The molecule has 0 aromatic rings. The van der Waals surface area contributed by atoms with Crippen LogP contribution in [0.25, 0.3) is 0 Å². The van der Waals surface area contributed by atoms with Crippen LogP contribution in [0.1, 0.15) is 25.7 Å². The molecule has 0 radical (unpaired) electrons. The Bertz CT molecular complexity index is 155. The normalized spacial score (nSPS) is 29.0. The van der Waals surface area contributed by atoms with Crippen LogP contribution in [-0.4, -0.2) is 47.9 Å². The van der Waals surface area contributed by atoms with Gasteiger partial charge in [0.15, 0.2) is 0 Å². The van der Waals surface area contributed by atoms with Crippen LogP contribution in [-0.2, 0) is 4.74 Å². The summed E-state index contributed by atoms with van der Waals surface area (Å²) in [5.74, 6) is 1.03. The van der Waals surface area contributed by atoms with E-state index in [-0.39, 0.29) is 13.2 Å². The predicted molar refractivity (Wildman–Crippen MR) is 56.4 cm³/mol. The van der Waals surface area contributed by atoms with Gasteiger partial charge in [0, 0.05) is 13.2 Å². The largest absolute Gasteiger partial charge is 0.396 e. The number of hydrogen-bond acceptors (Lipinski definition) is 4. The van der Waals surface area contributed by atoms with E-state index >= 15 is 0 Å². The summed E-state index contributed by atoms with van der Waals surface area (Å²) in [6.07, 6.45) is 3.60. The van der Waals surface area contributed by atoms with Gasteiger partial charge in [-0.2, -0.15) is 0 Å². The fourth-order valence-electron chi connectivity index (χ4n) is 2.00. The van der Waals surface area contributed by atoms with E-state index in [0.29, 0.717) is 25.0 Å². The van der Waals surface area contributed by atoms with Crippen molar-refractivity contribution in [2.75, 3.05) is 26.4 Å². The molecule has 0 aliphatic heterocycles. The zero-order valence-electron chi connectivity index (χ0n) is 9.14. The quantitative estimate of drug-likeness (QED) is 0.594. The Morgan fingerprint density at radius 3 is 2.20 bits per heavy atom. The molecule has 1 atom stereocenters. The molecule has 1 rings (SSSR count). The molecule has 15 heavy (non-hydrogen) atoms. The first-order valence-electron chi connectivity index (χ1n) is 5.73. The lowest BCUT2D eigenvalue weighted by Gasteiger charge is -2.27. The van der Waals surface area contributed by atoms with Crippen molar-refractivity contribution in [3.63, 3.8) is 0 Å². The van der Waals surface area contributed by atoms with Crippen molar-refractivity contribution in [3.8, 4) is 0 Å². The predicted octanol–water partition coefficient (Wildman–Crippen LogP) is 0.155. The van der Waals surface area contributed by atoms with Crippen molar-refractivity contribution in [2.45, 2.75) is 31.8 Å². The summed E-state index contributed by atoms with van der Waals surface area (Å²) in [6.45, 7) is 0.944. The zero-order chi connectivity index (χ0) is 11.1. The molecule has 0 heterocycles. The van der Waals surface area contributed by atoms with Crippen LogP contribution < -0.4 is 0 Å². The maximum Gasteiger partial charge on any atom is 0.100 e. The zero-order valence-corrected chi connectivity index (χ0v) is 9.14. The van der Waals surface area contributed by atoms with Gasteiger partial charge < -0.3 is 20.1 Å². The minimum absolute atomic E-state index is 0.219. The highest BCUT2D eigenvalue weighted by Crippen LogP contribution is 2.28. The van der Waals surface area contributed by atoms with E-state index < -0.39 is 6.10 Å². The number of aliphatic hydroxyl groups excluding tert-OH is 3. The molecule has 4 heteroatoms. The van der Waals surface area contributed by atoms with Gasteiger partial charge in [0.25, 0.3) is 0 Å². The lowest BCUT2D eigenvalue weighted by Crippen LogP contribution is -2.24. The van der Waals surface area contributed by atoms with Gasteiger partial charge in [-0.05, 0) is 37.5 Å². The van der Waals surface area contributed by atoms with E-state index in [1.165, 1.54) is 0 Å².